The number of carbonyl (C=O) groups is 1. The summed E-state index contributed by atoms with van der Waals surface area (Å²) >= 11 is 0. The number of anilines is 1. The van der Waals surface area contributed by atoms with E-state index in [0.717, 1.165) is 37.2 Å². The molecule has 25 heavy (non-hydrogen) atoms. The van der Waals surface area contributed by atoms with Crippen molar-refractivity contribution in [2.24, 2.45) is 0 Å². The van der Waals surface area contributed by atoms with Crippen LogP contribution in [-0.2, 0) is 25.9 Å². The molecule has 0 atom stereocenters. The summed E-state index contributed by atoms with van der Waals surface area (Å²) in [7, 11) is 2.11. The van der Waals surface area contributed by atoms with Gasteiger partial charge < -0.3 is 15.5 Å². The van der Waals surface area contributed by atoms with E-state index in [1.54, 1.807) is 0 Å². The molecule has 4 nitrogen and oxygen atoms in total. The molecule has 0 fully saturated rings. The van der Waals surface area contributed by atoms with E-state index in [4.69, 9.17) is 0 Å². The van der Waals surface area contributed by atoms with Crippen molar-refractivity contribution in [3.63, 3.8) is 0 Å². The van der Waals surface area contributed by atoms with Crippen molar-refractivity contribution in [3.8, 4) is 0 Å². The lowest BCUT2D eigenvalue weighted by Crippen LogP contribution is -2.28. The monoisotopic (exact) mass is 337 g/mol. The first kappa shape index (κ1) is 17.5. The highest BCUT2D eigenvalue weighted by Gasteiger charge is 2.11. The van der Waals surface area contributed by atoms with Gasteiger partial charge in [0.2, 0.25) is 0 Å². The van der Waals surface area contributed by atoms with Gasteiger partial charge in [-0.3, -0.25) is 0 Å². The molecule has 1 aliphatic rings. The Morgan fingerprint density at radius 1 is 1.08 bits per heavy atom. The third-order valence-electron chi connectivity index (χ3n) is 4.79. The standard InChI is InChI=1S/C21H27N3O/c1-3-24(2)15-17-7-4-6-16(12-17)14-22-21(25)23-20-11-10-18-8-5-9-19(18)13-20/h4,6-7,10-13H,3,5,8-9,14-15H2,1-2H3,(H2,22,23,25). The van der Waals surface area contributed by atoms with Crippen molar-refractivity contribution in [2.45, 2.75) is 39.3 Å². The summed E-state index contributed by atoms with van der Waals surface area (Å²) in [4.78, 5) is 14.4. The van der Waals surface area contributed by atoms with E-state index in [0.29, 0.717) is 6.54 Å². The van der Waals surface area contributed by atoms with Crippen LogP contribution in [0.15, 0.2) is 42.5 Å². The van der Waals surface area contributed by atoms with E-state index < -0.39 is 0 Å². The Bertz CT molecular complexity index is 742. The summed E-state index contributed by atoms with van der Waals surface area (Å²) in [5, 5.41) is 5.89. The first-order valence-corrected chi connectivity index (χ1v) is 9.07. The summed E-state index contributed by atoms with van der Waals surface area (Å²) in [6.45, 7) is 4.62. The third kappa shape index (κ3) is 4.83. The second-order valence-corrected chi connectivity index (χ2v) is 6.80. The van der Waals surface area contributed by atoms with Crippen LogP contribution in [0.25, 0.3) is 0 Å². The van der Waals surface area contributed by atoms with Crippen molar-refractivity contribution in [1.82, 2.24) is 10.2 Å². The van der Waals surface area contributed by atoms with Gasteiger partial charge in [-0.2, -0.15) is 0 Å². The number of urea groups is 1. The second kappa shape index (κ2) is 8.17. The highest BCUT2D eigenvalue weighted by molar-refractivity contribution is 5.89. The van der Waals surface area contributed by atoms with Crippen LogP contribution in [-0.4, -0.2) is 24.5 Å². The lowest BCUT2D eigenvalue weighted by molar-refractivity contribution is 0.251. The molecule has 1 aliphatic carbocycles. The minimum atomic E-state index is -0.158. The first-order chi connectivity index (χ1) is 12.1. The molecule has 0 heterocycles. The smallest absolute Gasteiger partial charge is 0.319 e. The van der Waals surface area contributed by atoms with Gasteiger partial charge in [-0.15, -0.1) is 0 Å². The van der Waals surface area contributed by atoms with Crippen molar-refractivity contribution < 1.29 is 4.79 Å². The summed E-state index contributed by atoms with van der Waals surface area (Å²) in [5.41, 5.74) is 6.04. The van der Waals surface area contributed by atoms with Crippen LogP contribution in [0.1, 0.15) is 35.6 Å². The lowest BCUT2D eigenvalue weighted by Gasteiger charge is -2.14. The number of rotatable bonds is 6. The molecule has 132 valence electrons. The molecule has 0 spiro atoms. The molecule has 2 amide bonds. The van der Waals surface area contributed by atoms with E-state index in [2.05, 4.69) is 53.8 Å². The highest BCUT2D eigenvalue weighted by Crippen LogP contribution is 2.24. The number of hydrogen-bond acceptors (Lipinski definition) is 2. The maximum absolute atomic E-state index is 12.2. The SMILES string of the molecule is CCN(C)Cc1cccc(CNC(=O)Nc2ccc3c(c2)CCC3)c1. The minimum absolute atomic E-state index is 0.158. The largest absolute Gasteiger partial charge is 0.334 e. The highest BCUT2D eigenvalue weighted by atomic mass is 16.2. The fourth-order valence-corrected chi connectivity index (χ4v) is 3.27. The second-order valence-electron chi connectivity index (χ2n) is 6.80. The first-order valence-electron chi connectivity index (χ1n) is 9.07. The number of nitrogens with zero attached hydrogens (tertiary/aromatic N) is 1. The molecule has 2 aromatic rings. The molecule has 0 saturated carbocycles. The Labute approximate surface area is 150 Å². The zero-order valence-electron chi connectivity index (χ0n) is 15.1. The normalized spacial score (nSPS) is 12.9. The maximum atomic E-state index is 12.2. The van der Waals surface area contributed by atoms with Gasteiger partial charge in [-0.25, -0.2) is 4.79 Å². The number of fused-ring (bicyclic) bond motifs is 1. The topological polar surface area (TPSA) is 44.4 Å². The molecular formula is C21H27N3O. The molecule has 0 aromatic heterocycles. The van der Waals surface area contributed by atoms with Crippen LogP contribution in [0.5, 0.6) is 0 Å². The summed E-state index contributed by atoms with van der Waals surface area (Å²) in [5.74, 6) is 0. The van der Waals surface area contributed by atoms with Crippen molar-refractivity contribution in [3.05, 3.63) is 64.7 Å². The lowest BCUT2D eigenvalue weighted by atomic mass is 10.1. The van der Waals surface area contributed by atoms with Crippen LogP contribution in [0.4, 0.5) is 10.5 Å². The average Bonchev–Trinajstić information content (AvgIpc) is 3.08. The Morgan fingerprint density at radius 3 is 2.72 bits per heavy atom. The molecular weight excluding hydrogens is 310 g/mol. The van der Waals surface area contributed by atoms with Crippen LogP contribution < -0.4 is 10.6 Å². The van der Waals surface area contributed by atoms with Crippen LogP contribution in [0, 0.1) is 0 Å². The molecule has 4 heteroatoms. The van der Waals surface area contributed by atoms with E-state index in [1.165, 1.54) is 23.1 Å². The van der Waals surface area contributed by atoms with E-state index in [1.807, 2.05) is 18.2 Å². The third-order valence-corrected chi connectivity index (χ3v) is 4.79. The van der Waals surface area contributed by atoms with E-state index >= 15 is 0 Å². The molecule has 0 aliphatic heterocycles. The van der Waals surface area contributed by atoms with Gasteiger partial charge in [0.15, 0.2) is 0 Å². The Hall–Kier alpha value is -2.33. The number of hydrogen-bond donors (Lipinski definition) is 2. The molecule has 0 bridgehead atoms. The van der Waals surface area contributed by atoms with E-state index in [9.17, 15) is 4.79 Å². The summed E-state index contributed by atoms with van der Waals surface area (Å²) < 4.78 is 0. The predicted molar refractivity (Wildman–Crippen MR) is 103 cm³/mol. The fourth-order valence-electron chi connectivity index (χ4n) is 3.27. The van der Waals surface area contributed by atoms with Crippen molar-refractivity contribution in [1.29, 1.82) is 0 Å². The number of benzene rings is 2. The quantitative estimate of drug-likeness (QED) is 0.838. The number of amides is 2. The van der Waals surface area contributed by atoms with Gasteiger partial charge in [0.05, 0.1) is 0 Å². The van der Waals surface area contributed by atoms with Gasteiger partial charge >= 0.3 is 6.03 Å². The van der Waals surface area contributed by atoms with Crippen molar-refractivity contribution in [2.75, 3.05) is 18.9 Å². The fraction of sp³-hybridized carbons (Fsp3) is 0.381. The van der Waals surface area contributed by atoms with Gasteiger partial charge in [-0.1, -0.05) is 37.3 Å². The molecule has 0 unspecified atom stereocenters. The van der Waals surface area contributed by atoms with Crippen LogP contribution >= 0.6 is 0 Å². The number of carbonyl (C=O) groups excluding carboxylic acids is 1. The van der Waals surface area contributed by atoms with E-state index in [-0.39, 0.29) is 6.03 Å². The molecule has 2 aromatic carbocycles. The van der Waals surface area contributed by atoms with Gasteiger partial charge in [0.25, 0.3) is 0 Å². The summed E-state index contributed by atoms with van der Waals surface area (Å²) in [6, 6.07) is 14.4. The van der Waals surface area contributed by atoms with Crippen molar-refractivity contribution >= 4 is 11.7 Å². The zero-order valence-corrected chi connectivity index (χ0v) is 15.1. The Morgan fingerprint density at radius 2 is 1.88 bits per heavy atom. The van der Waals surface area contributed by atoms with Gasteiger partial charge in [-0.05, 0) is 67.2 Å². The predicted octanol–water partition coefficient (Wildman–Crippen LogP) is 3.95. The molecule has 2 N–H and O–H groups in total. The van der Waals surface area contributed by atoms with Crippen LogP contribution in [0.3, 0.4) is 0 Å². The van der Waals surface area contributed by atoms with Crippen LogP contribution in [0.2, 0.25) is 0 Å². The Balaban J connectivity index is 1.53. The Kier molecular flexibility index (Phi) is 5.71. The zero-order chi connectivity index (χ0) is 17.6. The minimum Gasteiger partial charge on any atom is -0.334 e. The van der Waals surface area contributed by atoms with Gasteiger partial charge in [0, 0.05) is 18.8 Å². The average molecular weight is 337 g/mol. The van der Waals surface area contributed by atoms with Gasteiger partial charge in [0.1, 0.15) is 0 Å². The maximum Gasteiger partial charge on any atom is 0.319 e. The summed E-state index contributed by atoms with van der Waals surface area (Å²) in [6.07, 6.45) is 3.49. The molecule has 0 radical (unpaired) electrons. The molecule has 3 rings (SSSR count). The number of nitrogens with one attached hydrogen (secondary N) is 2. The number of aryl methyl sites for hydroxylation is 2. The molecule has 0 saturated heterocycles.